The van der Waals surface area contributed by atoms with Gasteiger partial charge in [0.1, 0.15) is 17.3 Å². The Morgan fingerprint density at radius 2 is 1.42 bits per heavy atom. The molecule has 0 unspecified atom stereocenters. The molecule has 1 aromatic heterocycles. The number of hydrogen-bond acceptors (Lipinski definition) is 4. The quantitative estimate of drug-likeness (QED) is 0.196. The van der Waals surface area contributed by atoms with Crippen molar-refractivity contribution in [1.29, 1.82) is 0 Å². The Morgan fingerprint density at radius 3 is 1.84 bits per heavy atom. The first-order valence-electron chi connectivity index (χ1n) is 10.3. The molecule has 164 valence electrons. The van der Waals surface area contributed by atoms with Gasteiger partial charge in [-0.1, -0.05) is 36.4 Å². The van der Waals surface area contributed by atoms with Crippen molar-refractivity contribution in [2.75, 3.05) is 0 Å². The third kappa shape index (κ3) is 6.71. The third-order valence-electron chi connectivity index (χ3n) is 4.52. The van der Waals surface area contributed by atoms with Gasteiger partial charge in [0, 0.05) is 18.5 Å². The highest BCUT2D eigenvalue weighted by molar-refractivity contribution is 7.53. The van der Waals surface area contributed by atoms with Crippen LogP contribution in [0.2, 0.25) is 0 Å². The highest BCUT2D eigenvalue weighted by Crippen LogP contribution is 2.50. The summed E-state index contributed by atoms with van der Waals surface area (Å²) >= 11 is 1.63. The molecule has 3 aromatic rings. The smallest absolute Gasteiger partial charge is 0.399 e. The lowest BCUT2D eigenvalue weighted by Gasteiger charge is -2.34. The van der Waals surface area contributed by atoms with Crippen molar-refractivity contribution in [3.63, 3.8) is 0 Å². The summed E-state index contributed by atoms with van der Waals surface area (Å²) < 4.78 is 30.4. The number of nitrogens with zero attached hydrogens (tertiary/aromatic N) is 2. The molecule has 1 heterocycles. The van der Waals surface area contributed by atoms with Crippen LogP contribution in [0.15, 0.2) is 82.3 Å². The molecular weight excluding hydrogens is 427 g/mol. The van der Waals surface area contributed by atoms with Crippen LogP contribution in [0.4, 0.5) is 0 Å². The Kier molecular flexibility index (Phi) is 7.94. The molecule has 0 spiro atoms. The van der Waals surface area contributed by atoms with Crippen LogP contribution in [-0.4, -0.2) is 22.8 Å². The van der Waals surface area contributed by atoms with Gasteiger partial charge >= 0.3 is 7.75 Å². The molecule has 2 aromatic carbocycles. The van der Waals surface area contributed by atoms with Crippen LogP contribution in [0.3, 0.4) is 0 Å². The molecule has 0 saturated carbocycles. The molecule has 3 rings (SSSR count). The van der Waals surface area contributed by atoms with E-state index < -0.39 is 7.75 Å². The molecule has 0 aliphatic heterocycles. The normalized spacial score (nSPS) is 12.3. The Balaban J connectivity index is 2.06. The van der Waals surface area contributed by atoms with Gasteiger partial charge in [0.15, 0.2) is 0 Å². The average molecular weight is 457 g/mol. The van der Waals surface area contributed by atoms with Gasteiger partial charge in [0.25, 0.3) is 0 Å². The third-order valence-corrected chi connectivity index (χ3v) is 6.61. The van der Waals surface area contributed by atoms with Gasteiger partial charge in [0.2, 0.25) is 0 Å². The summed E-state index contributed by atoms with van der Waals surface area (Å²) in [5.41, 5.74) is 1.11. The van der Waals surface area contributed by atoms with Crippen LogP contribution in [0, 0.1) is 0 Å². The van der Waals surface area contributed by atoms with E-state index in [2.05, 4.69) is 48.8 Å². The summed E-state index contributed by atoms with van der Waals surface area (Å²) in [6.07, 6.45) is 0.542. The van der Waals surface area contributed by atoms with E-state index in [0.29, 0.717) is 23.8 Å². The van der Waals surface area contributed by atoms with E-state index in [-0.39, 0.29) is 12.1 Å². The summed E-state index contributed by atoms with van der Waals surface area (Å²) in [4.78, 5) is 2.16. The fraction of sp³-hybridized carbons (Fsp3) is 0.292. The Hall–Kier alpha value is -2.56. The molecule has 0 aliphatic rings. The monoisotopic (exact) mass is 456 g/mol. The zero-order valence-corrected chi connectivity index (χ0v) is 20.1. The molecule has 0 atom stereocenters. The standard InChI is InChI=1S/C24H29N2O3PS/c1-19(2)26(20(3)4)24(17-21-15-16-31-18-21)25-30(27,28-22-11-7-5-8-12-22)29-23-13-9-6-10-14-23/h5-16,18-20H,17H2,1-4H3/b25-24+. The Bertz CT molecular complexity index is 952. The molecule has 31 heavy (non-hydrogen) atoms. The maximum atomic E-state index is 14.0. The van der Waals surface area contributed by atoms with Crippen LogP contribution in [-0.2, 0) is 11.0 Å². The summed E-state index contributed by atoms with van der Waals surface area (Å²) in [7, 11) is -3.92. The van der Waals surface area contributed by atoms with Crippen molar-refractivity contribution >= 4 is 24.9 Å². The van der Waals surface area contributed by atoms with E-state index in [1.165, 1.54) is 0 Å². The topological polar surface area (TPSA) is 51.1 Å². The molecule has 7 heteroatoms. The average Bonchev–Trinajstić information content (AvgIpc) is 3.21. The first-order valence-corrected chi connectivity index (χ1v) is 12.8. The van der Waals surface area contributed by atoms with E-state index in [1.54, 1.807) is 35.6 Å². The van der Waals surface area contributed by atoms with Crippen LogP contribution < -0.4 is 9.05 Å². The molecule has 0 radical (unpaired) electrons. The molecule has 0 aliphatic carbocycles. The highest BCUT2D eigenvalue weighted by Gasteiger charge is 2.32. The van der Waals surface area contributed by atoms with Crippen LogP contribution in [0.5, 0.6) is 11.5 Å². The number of thiophene rings is 1. The minimum absolute atomic E-state index is 0.166. The highest BCUT2D eigenvalue weighted by atomic mass is 32.1. The number of benzene rings is 2. The van der Waals surface area contributed by atoms with Crippen LogP contribution in [0.1, 0.15) is 33.3 Å². The molecule has 0 bridgehead atoms. The largest absolute Gasteiger partial charge is 0.564 e. The molecule has 0 fully saturated rings. The van der Waals surface area contributed by atoms with Crippen LogP contribution in [0.25, 0.3) is 0 Å². The number of para-hydroxylation sites is 2. The van der Waals surface area contributed by atoms with Crippen molar-refractivity contribution in [2.24, 2.45) is 4.76 Å². The van der Waals surface area contributed by atoms with Gasteiger partial charge in [-0.15, -0.1) is 4.76 Å². The molecular formula is C24H29N2O3PS. The fourth-order valence-corrected chi connectivity index (χ4v) is 5.40. The maximum Gasteiger partial charge on any atom is 0.564 e. The van der Waals surface area contributed by atoms with E-state index in [1.807, 2.05) is 41.8 Å². The summed E-state index contributed by atoms with van der Waals surface area (Å²) in [6.45, 7) is 8.41. The van der Waals surface area contributed by atoms with Gasteiger partial charge in [-0.05, 0) is 74.4 Å². The molecule has 5 nitrogen and oxygen atoms in total. The predicted molar refractivity (Wildman–Crippen MR) is 129 cm³/mol. The van der Waals surface area contributed by atoms with Crippen molar-refractivity contribution < 1.29 is 13.6 Å². The van der Waals surface area contributed by atoms with E-state index >= 15 is 0 Å². The first kappa shape index (κ1) is 23.1. The maximum absolute atomic E-state index is 14.0. The van der Waals surface area contributed by atoms with Crippen molar-refractivity contribution in [2.45, 2.75) is 46.2 Å². The van der Waals surface area contributed by atoms with Crippen molar-refractivity contribution in [3.8, 4) is 11.5 Å². The van der Waals surface area contributed by atoms with Gasteiger partial charge in [0.05, 0.1) is 0 Å². The van der Waals surface area contributed by atoms with E-state index in [9.17, 15) is 4.57 Å². The van der Waals surface area contributed by atoms with Gasteiger partial charge in [-0.3, -0.25) is 0 Å². The Labute approximate surface area is 189 Å². The zero-order chi connectivity index (χ0) is 22.3. The summed E-state index contributed by atoms with van der Waals surface area (Å²) in [5.74, 6) is 1.57. The van der Waals surface area contributed by atoms with E-state index in [0.717, 1.165) is 5.56 Å². The lowest BCUT2D eigenvalue weighted by molar-refractivity contribution is 0.287. The summed E-state index contributed by atoms with van der Waals surface area (Å²) in [6, 6.07) is 20.4. The molecule has 0 amide bonds. The zero-order valence-electron chi connectivity index (χ0n) is 18.3. The van der Waals surface area contributed by atoms with E-state index in [4.69, 9.17) is 9.05 Å². The second-order valence-corrected chi connectivity index (χ2v) is 9.98. The van der Waals surface area contributed by atoms with Crippen molar-refractivity contribution in [3.05, 3.63) is 83.1 Å². The summed E-state index contributed by atoms with van der Waals surface area (Å²) in [5, 5.41) is 4.11. The van der Waals surface area contributed by atoms with Crippen molar-refractivity contribution in [1.82, 2.24) is 4.90 Å². The number of amidine groups is 1. The minimum Gasteiger partial charge on any atom is -0.399 e. The number of hydrogen-bond donors (Lipinski definition) is 0. The molecule has 0 N–H and O–H groups in total. The van der Waals surface area contributed by atoms with Gasteiger partial charge in [-0.2, -0.15) is 11.3 Å². The lowest BCUT2D eigenvalue weighted by atomic mass is 10.1. The second-order valence-electron chi connectivity index (χ2n) is 7.70. The SMILES string of the molecule is CC(C)N(/C(Cc1ccsc1)=N/P(=O)(Oc1ccccc1)Oc1ccccc1)C(C)C. The fourth-order valence-electron chi connectivity index (χ4n) is 3.38. The van der Waals surface area contributed by atoms with Gasteiger partial charge < -0.3 is 13.9 Å². The predicted octanol–water partition coefficient (Wildman–Crippen LogP) is 7.07. The first-order chi connectivity index (χ1) is 14.9. The lowest BCUT2D eigenvalue weighted by Crippen LogP contribution is -2.43. The second kappa shape index (κ2) is 10.7. The Morgan fingerprint density at radius 1 is 0.903 bits per heavy atom. The van der Waals surface area contributed by atoms with Crippen LogP contribution >= 0.6 is 19.1 Å². The number of rotatable bonds is 9. The molecule has 0 saturated heterocycles. The minimum atomic E-state index is -3.92. The van der Waals surface area contributed by atoms with Gasteiger partial charge in [-0.25, -0.2) is 4.57 Å².